The van der Waals surface area contributed by atoms with Gasteiger partial charge >= 0.3 is 0 Å². The summed E-state index contributed by atoms with van der Waals surface area (Å²) in [6.45, 7) is 0. The fourth-order valence-corrected chi connectivity index (χ4v) is 7.74. The molecule has 4 aliphatic carbocycles. The van der Waals surface area contributed by atoms with Gasteiger partial charge < -0.3 is 0 Å². The van der Waals surface area contributed by atoms with Crippen LogP contribution in [0.3, 0.4) is 0 Å². The molecule has 0 amide bonds. The molecule has 5 rings (SSSR count). The van der Waals surface area contributed by atoms with E-state index in [9.17, 15) is 4.79 Å². The molecule has 0 aliphatic heterocycles. The summed E-state index contributed by atoms with van der Waals surface area (Å²) >= 11 is 0. The van der Waals surface area contributed by atoms with Gasteiger partial charge in [0.1, 0.15) is 5.70 Å². The zero-order valence-corrected chi connectivity index (χ0v) is 19.2. The Bertz CT molecular complexity index is 978. The Labute approximate surface area is 195 Å². The Morgan fingerprint density at radius 1 is 0.848 bits per heavy atom. The molecule has 0 saturated heterocycles. The first-order chi connectivity index (χ1) is 16.1. The monoisotopic (exact) mass is 446 g/mol. The molecule has 33 heavy (non-hydrogen) atoms. The number of Topliss-reactive ketones (excluding diaryl/α,β-unsaturated/α-hetero) is 1. The maximum Gasteiger partial charge on any atom is 0.175 e. The van der Waals surface area contributed by atoms with E-state index in [4.69, 9.17) is 16.6 Å². The zero-order valence-electron chi connectivity index (χ0n) is 19.2. The van der Waals surface area contributed by atoms with Gasteiger partial charge in [-0.15, -0.1) is 0 Å². The molecule has 1 aromatic rings. The average Bonchev–Trinajstić information content (AvgIpc) is 3.11. The lowest BCUT2D eigenvalue weighted by Crippen LogP contribution is -2.48. The van der Waals surface area contributed by atoms with Crippen molar-refractivity contribution < 1.29 is 4.79 Å². The summed E-state index contributed by atoms with van der Waals surface area (Å²) in [5.41, 5.74) is 24.5. The fourth-order valence-electron chi connectivity index (χ4n) is 7.74. The van der Waals surface area contributed by atoms with Gasteiger partial charge in [-0.1, -0.05) is 56.0 Å². The number of nitrogens with one attached hydrogen (secondary N) is 3. The Morgan fingerprint density at radius 2 is 1.55 bits per heavy atom. The molecule has 7 nitrogen and oxygen atoms in total. The number of nitrogens with zero attached hydrogens (tertiary/aromatic N) is 3. The molecule has 1 spiro atoms. The van der Waals surface area contributed by atoms with Crippen molar-refractivity contribution >= 4 is 11.4 Å². The Kier molecular flexibility index (Phi) is 5.83. The summed E-state index contributed by atoms with van der Waals surface area (Å²) in [4.78, 5) is 13.7. The van der Waals surface area contributed by atoms with Crippen molar-refractivity contribution in [2.45, 2.75) is 82.2 Å². The molecule has 3 saturated carbocycles. The van der Waals surface area contributed by atoms with Gasteiger partial charge in [-0.05, 0) is 73.8 Å². The average molecular weight is 447 g/mol. The number of fused-ring (bicyclic) bond motifs is 1. The van der Waals surface area contributed by atoms with Crippen molar-refractivity contribution in [3.8, 4) is 0 Å². The van der Waals surface area contributed by atoms with Crippen LogP contribution in [0.25, 0.3) is 5.57 Å². The molecular formula is C26H34N6O. The smallest absolute Gasteiger partial charge is 0.175 e. The van der Waals surface area contributed by atoms with Gasteiger partial charge in [0.15, 0.2) is 11.8 Å². The van der Waals surface area contributed by atoms with Crippen LogP contribution < -0.4 is 0 Å². The van der Waals surface area contributed by atoms with Crippen LogP contribution in [0.15, 0.2) is 51.4 Å². The lowest BCUT2D eigenvalue weighted by molar-refractivity contribution is -0.127. The first-order valence-electron chi connectivity index (χ1n) is 12.6. The van der Waals surface area contributed by atoms with Gasteiger partial charge in [0.25, 0.3) is 0 Å². The third-order valence-electron chi connectivity index (χ3n) is 9.52. The molecule has 4 unspecified atom stereocenters. The Balaban J connectivity index is 1.45. The van der Waals surface area contributed by atoms with Gasteiger partial charge in [0, 0.05) is 0 Å². The van der Waals surface area contributed by atoms with Crippen LogP contribution in [0.1, 0.15) is 76.2 Å². The molecule has 3 fully saturated rings. The maximum atomic E-state index is 13.7. The molecule has 0 radical (unpaired) electrons. The van der Waals surface area contributed by atoms with Crippen LogP contribution in [-0.4, -0.2) is 17.4 Å². The van der Waals surface area contributed by atoms with Crippen molar-refractivity contribution in [2.24, 2.45) is 38.5 Å². The predicted molar refractivity (Wildman–Crippen MR) is 124 cm³/mol. The molecule has 0 bridgehead atoms. The van der Waals surface area contributed by atoms with Crippen molar-refractivity contribution in [3.05, 3.63) is 41.6 Å². The lowest BCUT2D eigenvalue weighted by Gasteiger charge is -2.50. The molecule has 4 atom stereocenters. The minimum absolute atomic E-state index is 0.100. The standard InChI is InChI=1S/C26H34N6O/c27-30-22-21(18-7-2-1-3-8-18)25(24(33)23(22)31-28)12-14-26(32-29,15-13-25)20-11-10-17-6-4-5-9-19(17)16-20/h1-3,7-8,17,19-20,23,27-29H,4-6,9-16H2. The van der Waals surface area contributed by atoms with Crippen LogP contribution >= 0.6 is 0 Å². The fraction of sp³-hybridized carbons (Fsp3) is 0.654. The number of carbonyl (C=O) groups is 1. The van der Waals surface area contributed by atoms with Crippen LogP contribution in [0.4, 0.5) is 0 Å². The van der Waals surface area contributed by atoms with Crippen LogP contribution in [0.5, 0.6) is 0 Å². The number of hydrogen-bond donors (Lipinski definition) is 3. The molecular weight excluding hydrogens is 412 g/mol. The highest BCUT2D eigenvalue weighted by molar-refractivity contribution is 6.09. The quantitative estimate of drug-likeness (QED) is 0.402. The van der Waals surface area contributed by atoms with Crippen LogP contribution in [0, 0.1) is 39.8 Å². The zero-order chi connectivity index (χ0) is 23.1. The number of benzene rings is 1. The van der Waals surface area contributed by atoms with E-state index in [2.05, 4.69) is 15.3 Å². The second-order valence-corrected chi connectivity index (χ2v) is 10.7. The SMILES string of the molecule is N=NC1=C(c2ccccc2)C2(CCC(N=N)(C3CCC4CCCCC4C3)CC2)C(=O)C1N=N. The van der Waals surface area contributed by atoms with Gasteiger partial charge in [-0.25, -0.2) is 16.6 Å². The Morgan fingerprint density at radius 3 is 2.18 bits per heavy atom. The molecule has 7 heteroatoms. The summed E-state index contributed by atoms with van der Waals surface area (Å²) in [6, 6.07) is 8.73. The minimum atomic E-state index is -0.990. The predicted octanol–water partition coefficient (Wildman–Crippen LogP) is 7.35. The van der Waals surface area contributed by atoms with Gasteiger partial charge in [0.05, 0.1) is 11.0 Å². The first kappa shape index (κ1) is 22.2. The number of rotatable bonds is 5. The summed E-state index contributed by atoms with van der Waals surface area (Å²) in [7, 11) is 0. The summed E-state index contributed by atoms with van der Waals surface area (Å²) in [5, 5.41) is 11.6. The van der Waals surface area contributed by atoms with E-state index in [0.29, 0.717) is 37.3 Å². The molecule has 0 aromatic heterocycles. The Hall–Kier alpha value is -2.57. The summed E-state index contributed by atoms with van der Waals surface area (Å²) in [6.07, 6.45) is 11.5. The third-order valence-corrected chi connectivity index (χ3v) is 9.52. The van der Waals surface area contributed by atoms with Gasteiger partial charge in [-0.3, -0.25) is 4.79 Å². The van der Waals surface area contributed by atoms with E-state index < -0.39 is 11.5 Å². The van der Waals surface area contributed by atoms with E-state index in [0.717, 1.165) is 29.4 Å². The topological polar surface area (TPSA) is 126 Å². The molecule has 1 aromatic carbocycles. The van der Waals surface area contributed by atoms with Crippen molar-refractivity contribution in [3.63, 3.8) is 0 Å². The van der Waals surface area contributed by atoms with E-state index in [1.54, 1.807) is 0 Å². The second kappa shape index (κ2) is 8.65. The molecule has 4 aliphatic rings. The summed E-state index contributed by atoms with van der Waals surface area (Å²) in [5.74, 6) is 1.96. The van der Waals surface area contributed by atoms with Crippen molar-refractivity contribution in [1.82, 2.24) is 0 Å². The van der Waals surface area contributed by atoms with Gasteiger partial charge in [-0.2, -0.15) is 15.3 Å². The lowest BCUT2D eigenvalue weighted by atomic mass is 9.56. The second-order valence-electron chi connectivity index (χ2n) is 10.7. The van der Waals surface area contributed by atoms with Crippen molar-refractivity contribution in [1.29, 1.82) is 16.6 Å². The first-order valence-corrected chi connectivity index (χ1v) is 12.6. The molecule has 3 N–H and O–H groups in total. The number of hydrogen-bond acceptors (Lipinski definition) is 7. The molecule has 174 valence electrons. The van der Waals surface area contributed by atoms with Crippen molar-refractivity contribution in [2.75, 3.05) is 0 Å². The normalized spacial score (nSPS) is 38.7. The van der Waals surface area contributed by atoms with E-state index in [-0.39, 0.29) is 11.3 Å². The van der Waals surface area contributed by atoms with E-state index in [1.165, 1.54) is 38.5 Å². The highest BCUT2D eigenvalue weighted by atomic mass is 16.1. The van der Waals surface area contributed by atoms with E-state index >= 15 is 0 Å². The number of allylic oxidation sites excluding steroid dienone is 1. The van der Waals surface area contributed by atoms with Crippen LogP contribution in [-0.2, 0) is 4.79 Å². The third kappa shape index (κ3) is 3.42. The number of ketones is 1. The van der Waals surface area contributed by atoms with Crippen LogP contribution in [0.2, 0.25) is 0 Å². The highest BCUT2D eigenvalue weighted by Crippen LogP contribution is 2.60. The highest BCUT2D eigenvalue weighted by Gasteiger charge is 2.59. The maximum absolute atomic E-state index is 13.7. The van der Waals surface area contributed by atoms with Gasteiger partial charge in [0.2, 0.25) is 0 Å². The minimum Gasteiger partial charge on any atom is -0.296 e. The molecule has 0 heterocycles. The number of carbonyl (C=O) groups excluding carboxylic acids is 1. The summed E-state index contributed by atoms with van der Waals surface area (Å²) < 4.78 is 0. The van der Waals surface area contributed by atoms with E-state index in [1.807, 2.05) is 30.3 Å². The largest absolute Gasteiger partial charge is 0.296 e.